The fourth-order valence-corrected chi connectivity index (χ4v) is 1.69. The molecule has 0 radical (unpaired) electrons. The zero-order valence-electron chi connectivity index (χ0n) is 10.4. The molecule has 0 spiro atoms. The van der Waals surface area contributed by atoms with Crippen LogP contribution in [0.4, 0.5) is 15.8 Å². The molecule has 2 aromatic carbocycles. The zero-order valence-corrected chi connectivity index (χ0v) is 10.4. The van der Waals surface area contributed by atoms with Crippen molar-refractivity contribution in [1.82, 2.24) is 0 Å². The first-order valence-corrected chi connectivity index (χ1v) is 5.73. The van der Waals surface area contributed by atoms with E-state index in [2.05, 4.69) is 5.43 Å². The van der Waals surface area contributed by atoms with Gasteiger partial charge in [-0.3, -0.25) is 16.0 Å². The van der Waals surface area contributed by atoms with Crippen LogP contribution in [0.3, 0.4) is 0 Å². The van der Waals surface area contributed by atoms with E-state index in [0.29, 0.717) is 5.56 Å². The Morgan fingerprint density at radius 3 is 2.55 bits per heavy atom. The monoisotopic (exact) mass is 277 g/mol. The van der Waals surface area contributed by atoms with Gasteiger partial charge in [0.15, 0.2) is 5.75 Å². The van der Waals surface area contributed by atoms with Crippen LogP contribution in [0, 0.1) is 15.9 Å². The van der Waals surface area contributed by atoms with Crippen LogP contribution in [0.5, 0.6) is 5.75 Å². The number of nitrogens with two attached hydrogens (primary N) is 1. The molecule has 0 unspecified atom stereocenters. The highest BCUT2D eigenvalue weighted by molar-refractivity contribution is 5.67. The first kappa shape index (κ1) is 13.8. The van der Waals surface area contributed by atoms with Gasteiger partial charge in [0, 0.05) is 0 Å². The van der Waals surface area contributed by atoms with E-state index in [4.69, 9.17) is 10.6 Å². The van der Waals surface area contributed by atoms with E-state index in [-0.39, 0.29) is 29.5 Å². The van der Waals surface area contributed by atoms with E-state index < -0.39 is 4.92 Å². The van der Waals surface area contributed by atoms with Crippen LogP contribution >= 0.6 is 0 Å². The fourth-order valence-electron chi connectivity index (χ4n) is 1.69. The molecule has 0 aliphatic carbocycles. The highest BCUT2D eigenvalue weighted by Crippen LogP contribution is 2.34. The molecule has 0 heterocycles. The van der Waals surface area contributed by atoms with Crippen molar-refractivity contribution in [1.29, 1.82) is 0 Å². The number of anilines is 1. The molecule has 0 aliphatic rings. The van der Waals surface area contributed by atoms with E-state index in [9.17, 15) is 14.5 Å². The van der Waals surface area contributed by atoms with Gasteiger partial charge in [-0.2, -0.15) is 0 Å². The van der Waals surface area contributed by atoms with Crippen LogP contribution in [0.2, 0.25) is 0 Å². The molecule has 0 amide bonds. The normalized spacial score (nSPS) is 10.1. The number of nitrogen functional groups attached to an aromatic ring is 1. The topological polar surface area (TPSA) is 90.4 Å². The molecule has 6 nitrogen and oxygen atoms in total. The lowest BCUT2D eigenvalue weighted by molar-refractivity contribution is -0.385. The minimum atomic E-state index is -0.574. The number of ether oxygens (including phenoxy) is 1. The number of hydrogen-bond acceptors (Lipinski definition) is 5. The number of nitrogens with one attached hydrogen (secondary N) is 1. The Labute approximate surface area is 114 Å². The molecule has 2 rings (SSSR count). The van der Waals surface area contributed by atoms with Crippen molar-refractivity contribution in [2.75, 3.05) is 5.43 Å². The van der Waals surface area contributed by atoms with Gasteiger partial charge in [-0.15, -0.1) is 0 Å². The number of nitro benzene ring substituents is 1. The van der Waals surface area contributed by atoms with Gasteiger partial charge in [0.25, 0.3) is 0 Å². The number of para-hydroxylation sites is 1. The fraction of sp³-hybridized carbons (Fsp3) is 0.0769. The Bertz CT molecular complexity index is 617. The molecule has 0 atom stereocenters. The SMILES string of the molecule is NNc1cccc(OCc2ccc(F)cc2)c1[N+](=O)[O-]. The van der Waals surface area contributed by atoms with Crippen LogP contribution in [0.1, 0.15) is 5.56 Å². The van der Waals surface area contributed by atoms with Crippen LogP contribution in [0.25, 0.3) is 0 Å². The number of halogens is 1. The highest BCUT2D eigenvalue weighted by Gasteiger charge is 2.20. The zero-order chi connectivity index (χ0) is 14.5. The maximum absolute atomic E-state index is 12.8. The summed E-state index contributed by atoms with van der Waals surface area (Å²) < 4.78 is 18.2. The van der Waals surface area contributed by atoms with Gasteiger partial charge < -0.3 is 10.2 Å². The maximum Gasteiger partial charge on any atom is 0.335 e. The Morgan fingerprint density at radius 1 is 1.25 bits per heavy atom. The van der Waals surface area contributed by atoms with E-state index in [1.165, 1.54) is 24.3 Å². The average Bonchev–Trinajstić information content (AvgIpc) is 2.46. The van der Waals surface area contributed by atoms with E-state index in [0.717, 1.165) is 0 Å². The van der Waals surface area contributed by atoms with E-state index in [1.807, 2.05) is 0 Å². The standard InChI is InChI=1S/C13H12FN3O3/c14-10-6-4-9(5-7-10)8-20-12-3-1-2-11(16-15)13(12)17(18)19/h1-7,16H,8,15H2. The molecule has 3 N–H and O–H groups in total. The largest absolute Gasteiger partial charge is 0.482 e. The molecular weight excluding hydrogens is 265 g/mol. The molecule has 0 aromatic heterocycles. The third-order valence-electron chi connectivity index (χ3n) is 2.64. The number of rotatable bonds is 5. The molecule has 0 aliphatic heterocycles. The van der Waals surface area contributed by atoms with E-state index in [1.54, 1.807) is 18.2 Å². The van der Waals surface area contributed by atoms with Crippen LogP contribution in [-0.4, -0.2) is 4.92 Å². The van der Waals surface area contributed by atoms with E-state index >= 15 is 0 Å². The Morgan fingerprint density at radius 2 is 1.95 bits per heavy atom. The van der Waals surface area contributed by atoms with Crippen molar-refractivity contribution in [3.8, 4) is 5.75 Å². The van der Waals surface area contributed by atoms with Crippen molar-refractivity contribution < 1.29 is 14.1 Å². The molecule has 20 heavy (non-hydrogen) atoms. The molecular formula is C13H12FN3O3. The molecule has 7 heteroatoms. The second kappa shape index (κ2) is 5.98. The number of hydrogen-bond donors (Lipinski definition) is 2. The molecule has 0 saturated carbocycles. The van der Waals surface area contributed by atoms with Crippen molar-refractivity contribution in [3.63, 3.8) is 0 Å². The lowest BCUT2D eigenvalue weighted by atomic mass is 10.2. The summed E-state index contributed by atoms with van der Waals surface area (Å²) in [5.41, 5.74) is 2.87. The Hall–Kier alpha value is -2.67. The number of hydrazine groups is 1. The lowest BCUT2D eigenvalue weighted by Gasteiger charge is -2.09. The first-order valence-electron chi connectivity index (χ1n) is 5.73. The summed E-state index contributed by atoms with van der Waals surface area (Å²) in [6, 6.07) is 10.2. The first-order chi connectivity index (χ1) is 9.61. The van der Waals surface area contributed by atoms with Crippen LogP contribution in [-0.2, 0) is 6.61 Å². The predicted octanol–water partition coefficient (Wildman–Crippen LogP) is 2.60. The van der Waals surface area contributed by atoms with Gasteiger partial charge in [0.05, 0.1) is 4.92 Å². The second-order valence-corrected chi connectivity index (χ2v) is 3.97. The predicted molar refractivity (Wildman–Crippen MR) is 71.6 cm³/mol. The lowest BCUT2D eigenvalue weighted by Crippen LogP contribution is -2.10. The quantitative estimate of drug-likeness (QED) is 0.498. The third kappa shape index (κ3) is 3.01. The molecule has 2 aromatic rings. The van der Waals surface area contributed by atoms with Crippen LogP contribution in [0.15, 0.2) is 42.5 Å². The summed E-state index contributed by atoms with van der Waals surface area (Å²) in [7, 11) is 0. The molecule has 104 valence electrons. The third-order valence-corrected chi connectivity index (χ3v) is 2.64. The summed E-state index contributed by atoms with van der Waals surface area (Å²) in [6.45, 7) is 0.0924. The van der Waals surface area contributed by atoms with Gasteiger partial charge in [-0.05, 0) is 29.8 Å². The molecule has 0 bridgehead atoms. The summed E-state index contributed by atoms with van der Waals surface area (Å²) in [5, 5.41) is 11.0. The molecule has 0 fully saturated rings. The summed E-state index contributed by atoms with van der Waals surface area (Å²) in [6.07, 6.45) is 0. The van der Waals surface area contributed by atoms with Gasteiger partial charge >= 0.3 is 5.69 Å². The van der Waals surface area contributed by atoms with Gasteiger partial charge in [-0.1, -0.05) is 18.2 Å². The number of nitro groups is 1. The van der Waals surface area contributed by atoms with Gasteiger partial charge in [0.2, 0.25) is 0 Å². The Kier molecular flexibility index (Phi) is 4.11. The van der Waals surface area contributed by atoms with Gasteiger partial charge in [-0.25, -0.2) is 4.39 Å². The summed E-state index contributed by atoms with van der Waals surface area (Å²) in [4.78, 5) is 10.5. The van der Waals surface area contributed by atoms with Crippen molar-refractivity contribution in [2.24, 2.45) is 5.84 Å². The van der Waals surface area contributed by atoms with Crippen molar-refractivity contribution in [2.45, 2.75) is 6.61 Å². The Balaban J connectivity index is 2.21. The minimum absolute atomic E-state index is 0.0924. The summed E-state index contributed by atoms with van der Waals surface area (Å²) in [5.74, 6) is 4.97. The number of benzene rings is 2. The second-order valence-electron chi connectivity index (χ2n) is 3.97. The molecule has 0 saturated heterocycles. The number of nitrogens with zero attached hydrogens (tertiary/aromatic N) is 1. The smallest absolute Gasteiger partial charge is 0.335 e. The van der Waals surface area contributed by atoms with Crippen molar-refractivity contribution >= 4 is 11.4 Å². The van der Waals surface area contributed by atoms with Crippen LogP contribution < -0.4 is 16.0 Å². The summed E-state index contributed by atoms with van der Waals surface area (Å²) >= 11 is 0. The minimum Gasteiger partial charge on any atom is -0.482 e. The van der Waals surface area contributed by atoms with Gasteiger partial charge in [0.1, 0.15) is 18.1 Å². The van der Waals surface area contributed by atoms with Crippen molar-refractivity contribution in [3.05, 3.63) is 64.0 Å². The highest BCUT2D eigenvalue weighted by atomic mass is 19.1. The maximum atomic E-state index is 12.8. The average molecular weight is 277 g/mol.